The molecule has 7 heteroatoms. The summed E-state index contributed by atoms with van der Waals surface area (Å²) in [7, 11) is 0. The van der Waals surface area contributed by atoms with E-state index in [-0.39, 0.29) is 11.8 Å². The third kappa shape index (κ3) is 4.09. The summed E-state index contributed by atoms with van der Waals surface area (Å²) in [4.78, 5) is 34.5. The van der Waals surface area contributed by atoms with Crippen LogP contribution in [0.5, 0.6) is 0 Å². The zero-order chi connectivity index (χ0) is 18.6. The topological polar surface area (TPSA) is 53.5 Å². The van der Waals surface area contributed by atoms with Crippen molar-refractivity contribution >= 4 is 34.5 Å². The second-order valence-corrected chi connectivity index (χ2v) is 8.16. The van der Waals surface area contributed by atoms with Crippen LogP contribution in [0.1, 0.15) is 22.5 Å². The summed E-state index contributed by atoms with van der Waals surface area (Å²) in [6.45, 7) is 2.10. The minimum atomic E-state index is -0.0941. The fraction of sp³-hybridized carbons (Fsp3) is 0.250. The monoisotopic (exact) mass is 397 g/mol. The van der Waals surface area contributed by atoms with E-state index in [1.807, 2.05) is 58.1 Å². The molecule has 1 aliphatic rings. The van der Waals surface area contributed by atoms with E-state index in [1.165, 1.54) is 11.3 Å². The fourth-order valence-corrected chi connectivity index (χ4v) is 4.70. The molecule has 0 spiro atoms. The number of thiophene rings is 1. The second-order valence-electron chi connectivity index (χ2n) is 6.36. The summed E-state index contributed by atoms with van der Waals surface area (Å²) in [6, 6.07) is 13.9. The molecule has 3 heterocycles. The Morgan fingerprint density at radius 3 is 2.67 bits per heavy atom. The van der Waals surface area contributed by atoms with Crippen LogP contribution >= 0.6 is 22.7 Å². The minimum Gasteiger partial charge on any atom is -0.337 e. The second kappa shape index (κ2) is 8.02. The third-order valence-electron chi connectivity index (χ3n) is 4.55. The number of rotatable bonds is 4. The molecule has 2 aromatic heterocycles. The molecule has 2 amide bonds. The highest BCUT2D eigenvalue weighted by Crippen LogP contribution is 2.28. The van der Waals surface area contributed by atoms with Gasteiger partial charge in [-0.25, -0.2) is 4.98 Å². The molecule has 1 aromatic carbocycles. The summed E-state index contributed by atoms with van der Waals surface area (Å²) in [5, 5.41) is 4.68. The normalized spacial score (nSPS) is 15.0. The van der Waals surface area contributed by atoms with Crippen LogP contribution in [0.25, 0.3) is 9.88 Å². The molecule has 1 fully saturated rings. The smallest absolute Gasteiger partial charge is 0.273 e. The summed E-state index contributed by atoms with van der Waals surface area (Å²) >= 11 is 3.10. The third-order valence-corrected chi connectivity index (χ3v) is 6.43. The van der Waals surface area contributed by atoms with Gasteiger partial charge in [0.25, 0.3) is 5.91 Å². The molecular weight excluding hydrogens is 378 g/mol. The Bertz CT molecular complexity index is 922. The number of aromatic nitrogens is 1. The number of hydrogen-bond acceptors (Lipinski definition) is 5. The largest absolute Gasteiger partial charge is 0.337 e. The van der Waals surface area contributed by atoms with Gasteiger partial charge in [-0.3, -0.25) is 9.59 Å². The van der Waals surface area contributed by atoms with Crippen LogP contribution in [-0.4, -0.2) is 46.2 Å². The van der Waals surface area contributed by atoms with Crippen molar-refractivity contribution in [1.82, 2.24) is 14.8 Å². The van der Waals surface area contributed by atoms with E-state index in [2.05, 4.69) is 4.98 Å². The quantitative estimate of drug-likeness (QED) is 0.674. The van der Waals surface area contributed by atoms with E-state index < -0.39 is 0 Å². The highest BCUT2D eigenvalue weighted by atomic mass is 32.1. The lowest BCUT2D eigenvalue weighted by Gasteiger charge is -2.22. The summed E-state index contributed by atoms with van der Waals surface area (Å²) in [5.74, 6) is -0.00452. The van der Waals surface area contributed by atoms with Crippen LogP contribution < -0.4 is 0 Å². The highest BCUT2D eigenvalue weighted by molar-refractivity contribution is 7.20. The van der Waals surface area contributed by atoms with Crippen molar-refractivity contribution < 1.29 is 9.59 Å². The molecular formula is C20H19N3O2S2. The SMILES string of the molecule is O=C1CCN(C(=O)c2csc(-c3cccs3)n2)CCN1Cc1ccccc1. The molecule has 0 bridgehead atoms. The van der Waals surface area contributed by atoms with Crippen molar-refractivity contribution in [2.75, 3.05) is 19.6 Å². The maximum atomic E-state index is 12.9. The summed E-state index contributed by atoms with van der Waals surface area (Å²) in [5.41, 5.74) is 1.57. The molecule has 0 atom stereocenters. The first-order valence-electron chi connectivity index (χ1n) is 8.81. The number of thiazole rings is 1. The number of nitrogens with zero attached hydrogens (tertiary/aromatic N) is 3. The van der Waals surface area contributed by atoms with Crippen LogP contribution in [0.15, 0.2) is 53.2 Å². The van der Waals surface area contributed by atoms with Crippen molar-refractivity contribution in [3.05, 3.63) is 64.5 Å². The zero-order valence-corrected chi connectivity index (χ0v) is 16.3. The van der Waals surface area contributed by atoms with E-state index in [0.29, 0.717) is 38.3 Å². The first-order chi connectivity index (χ1) is 13.2. The van der Waals surface area contributed by atoms with Gasteiger partial charge in [0.1, 0.15) is 10.7 Å². The van der Waals surface area contributed by atoms with Gasteiger partial charge >= 0.3 is 0 Å². The van der Waals surface area contributed by atoms with Gasteiger partial charge in [-0.1, -0.05) is 36.4 Å². The van der Waals surface area contributed by atoms with Crippen LogP contribution in [0.4, 0.5) is 0 Å². The van der Waals surface area contributed by atoms with E-state index in [1.54, 1.807) is 16.2 Å². The summed E-state index contributed by atoms with van der Waals surface area (Å²) in [6.07, 6.45) is 0.348. The van der Waals surface area contributed by atoms with E-state index in [0.717, 1.165) is 15.4 Å². The average molecular weight is 398 g/mol. The van der Waals surface area contributed by atoms with E-state index in [9.17, 15) is 9.59 Å². The Hall–Kier alpha value is -2.51. The Kier molecular flexibility index (Phi) is 5.31. The number of benzene rings is 1. The van der Waals surface area contributed by atoms with Gasteiger partial charge in [-0.05, 0) is 17.0 Å². The van der Waals surface area contributed by atoms with Crippen molar-refractivity contribution in [3.8, 4) is 9.88 Å². The lowest BCUT2D eigenvalue weighted by atomic mass is 10.2. The van der Waals surface area contributed by atoms with E-state index >= 15 is 0 Å². The molecule has 0 N–H and O–H groups in total. The summed E-state index contributed by atoms with van der Waals surface area (Å²) < 4.78 is 0. The molecule has 4 rings (SSSR count). The standard InChI is InChI=1S/C20H19N3O2S2/c24-18-8-9-22(10-11-23(18)13-15-5-2-1-3-6-15)20(25)16-14-27-19(21-16)17-7-4-12-26-17/h1-7,12,14H,8-11,13H2. The molecule has 3 aromatic rings. The van der Waals surface area contributed by atoms with Crippen LogP contribution in [0.3, 0.4) is 0 Å². The van der Waals surface area contributed by atoms with Crippen LogP contribution in [-0.2, 0) is 11.3 Å². The number of carbonyl (C=O) groups excluding carboxylic acids is 2. The van der Waals surface area contributed by atoms with Crippen LogP contribution in [0.2, 0.25) is 0 Å². The first-order valence-corrected chi connectivity index (χ1v) is 10.6. The van der Waals surface area contributed by atoms with Crippen molar-refractivity contribution in [2.45, 2.75) is 13.0 Å². The Morgan fingerprint density at radius 1 is 1.04 bits per heavy atom. The molecule has 0 unspecified atom stereocenters. The van der Waals surface area contributed by atoms with Crippen LogP contribution in [0, 0.1) is 0 Å². The lowest BCUT2D eigenvalue weighted by Crippen LogP contribution is -2.35. The lowest BCUT2D eigenvalue weighted by molar-refractivity contribution is -0.130. The zero-order valence-electron chi connectivity index (χ0n) is 14.7. The molecule has 0 radical (unpaired) electrons. The molecule has 138 valence electrons. The maximum Gasteiger partial charge on any atom is 0.273 e. The maximum absolute atomic E-state index is 12.9. The van der Waals surface area contributed by atoms with Gasteiger partial charge in [0.2, 0.25) is 5.91 Å². The predicted octanol–water partition coefficient (Wildman–Crippen LogP) is 3.75. The average Bonchev–Trinajstić information content (AvgIpc) is 3.35. The van der Waals surface area contributed by atoms with Gasteiger partial charge in [0.05, 0.1) is 4.88 Å². The van der Waals surface area contributed by atoms with Crippen molar-refractivity contribution in [3.63, 3.8) is 0 Å². The molecule has 27 heavy (non-hydrogen) atoms. The number of hydrogen-bond donors (Lipinski definition) is 0. The molecule has 5 nitrogen and oxygen atoms in total. The Labute approximate surface area is 165 Å². The first kappa shape index (κ1) is 17.9. The predicted molar refractivity (Wildman–Crippen MR) is 108 cm³/mol. The molecule has 0 aliphatic carbocycles. The van der Waals surface area contributed by atoms with Gasteiger partial charge in [0.15, 0.2) is 0 Å². The van der Waals surface area contributed by atoms with Crippen molar-refractivity contribution in [1.29, 1.82) is 0 Å². The van der Waals surface area contributed by atoms with Gasteiger partial charge in [-0.2, -0.15) is 0 Å². The fourth-order valence-electron chi connectivity index (χ4n) is 3.09. The van der Waals surface area contributed by atoms with Gasteiger partial charge < -0.3 is 9.80 Å². The van der Waals surface area contributed by atoms with Gasteiger partial charge in [0, 0.05) is 38.0 Å². The van der Waals surface area contributed by atoms with Gasteiger partial charge in [-0.15, -0.1) is 22.7 Å². The highest BCUT2D eigenvalue weighted by Gasteiger charge is 2.26. The van der Waals surface area contributed by atoms with E-state index in [4.69, 9.17) is 0 Å². The Balaban J connectivity index is 1.43. The van der Waals surface area contributed by atoms with Crippen molar-refractivity contribution in [2.24, 2.45) is 0 Å². The number of carbonyl (C=O) groups is 2. The molecule has 1 aliphatic heterocycles. The molecule has 1 saturated heterocycles. The number of amides is 2. The Morgan fingerprint density at radius 2 is 1.89 bits per heavy atom. The minimum absolute atomic E-state index is 0.0895. The molecule has 0 saturated carbocycles.